The van der Waals surface area contributed by atoms with E-state index in [1.807, 2.05) is 24.3 Å². The molecule has 3 rings (SSSR count). The number of carbonyl (C=O) groups excluding carboxylic acids is 3. The number of carbonyl (C=O) groups is 3. The minimum Gasteiger partial charge on any atom is -0.497 e. The van der Waals surface area contributed by atoms with E-state index in [1.54, 1.807) is 43.4 Å². The summed E-state index contributed by atoms with van der Waals surface area (Å²) in [5.74, 6) is 0.220. The molecule has 0 aliphatic carbocycles. The minimum atomic E-state index is -0.667. The predicted octanol–water partition coefficient (Wildman–Crippen LogP) is 2.38. The third-order valence-electron chi connectivity index (χ3n) is 5.62. The molecule has 1 aliphatic heterocycles. The van der Waals surface area contributed by atoms with E-state index in [-0.39, 0.29) is 18.5 Å². The SMILES string of the molecule is COc1ccc(CNC(=O)C(=O)NCC2CCN(C(=O)Nc3ccccc3OC)CC2)cc1. The average Bonchev–Trinajstić information content (AvgIpc) is 2.86. The minimum absolute atomic E-state index is 0.181. The van der Waals surface area contributed by atoms with Gasteiger partial charge in [0.2, 0.25) is 0 Å². The van der Waals surface area contributed by atoms with Crippen molar-refractivity contribution in [1.82, 2.24) is 15.5 Å². The van der Waals surface area contributed by atoms with Crippen LogP contribution in [0.2, 0.25) is 0 Å². The van der Waals surface area contributed by atoms with Crippen molar-refractivity contribution in [1.29, 1.82) is 0 Å². The fraction of sp³-hybridized carbons (Fsp3) is 0.375. The van der Waals surface area contributed by atoms with Gasteiger partial charge in [0.05, 0.1) is 19.9 Å². The molecule has 1 aliphatic rings. The second-order valence-corrected chi connectivity index (χ2v) is 7.80. The van der Waals surface area contributed by atoms with Gasteiger partial charge in [-0.25, -0.2) is 4.79 Å². The van der Waals surface area contributed by atoms with Crippen LogP contribution in [0.5, 0.6) is 11.5 Å². The first kappa shape index (κ1) is 23.9. The quantitative estimate of drug-likeness (QED) is 0.557. The number of ether oxygens (including phenoxy) is 2. The summed E-state index contributed by atoms with van der Waals surface area (Å²) in [6.07, 6.45) is 1.49. The van der Waals surface area contributed by atoms with Crippen LogP contribution >= 0.6 is 0 Å². The van der Waals surface area contributed by atoms with Gasteiger partial charge in [0, 0.05) is 26.2 Å². The number of rotatable bonds is 7. The molecule has 0 radical (unpaired) electrons. The van der Waals surface area contributed by atoms with Gasteiger partial charge in [0.1, 0.15) is 11.5 Å². The zero-order valence-corrected chi connectivity index (χ0v) is 18.9. The van der Waals surface area contributed by atoms with Gasteiger partial charge in [-0.05, 0) is 48.6 Å². The van der Waals surface area contributed by atoms with E-state index in [0.717, 1.165) is 24.2 Å². The van der Waals surface area contributed by atoms with Crippen LogP contribution in [-0.4, -0.2) is 56.6 Å². The van der Waals surface area contributed by atoms with E-state index >= 15 is 0 Å². The summed E-state index contributed by atoms with van der Waals surface area (Å²) < 4.78 is 10.4. The van der Waals surface area contributed by atoms with Crippen molar-refractivity contribution in [2.75, 3.05) is 39.2 Å². The van der Waals surface area contributed by atoms with Crippen LogP contribution < -0.4 is 25.4 Å². The van der Waals surface area contributed by atoms with Gasteiger partial charge in [0.15, 0.2) is 0 Å². The molecular weight excluding hydrogens is 424 g/mol. The van der Waals surface area contributed by atoms with Crippen LogP contribution in [0.1, 0.15) is 18.4 Å². The number of hydrogen-bond acceptors (Lipinski definition) is 5. The Morgan fingerprint density at radius 1 is 0.909 bits per heavy atom. The fourth-order valence-electron chi connectivity index (χ4n) is 3.61. The van der Waals surface area contributed by atoms with Gasteiger partial charge in [-0.15, -0.1) is 0 Å². The number of benzene rings is 2. The molecule has 9 heteroatoms. The van der Waals surface area contributed by atoms with Crippen molar-refractivity contribution >= 4 is 23.5 Å². The number of methoxy groups -OCH3 is 2. The Balaban J connectivity index is 1.36. The summed E-state index contributed by atoms with van der Waals surface area (Å²) in [6.45, 7) is 1.81. The molecule has 1 fully saturated rings. The highest BCUT2D eigenvalue weighted by Crippen LogP contribution is 2.24. The van der Waals surface area contributed by atoms with Gasteiger partial charge in [-0.3, -0.25) is 9.59 Å². The smallest absolute Gasteiger partial charge is 0.321 e. The molecular formula is C24H30N4O5. The number of urea groups is 1. The summed E-state index contributed by atoms with van der Waals surface area (Å²) >= 11 is 0. The molecule has 0 unspecified atom stereocenters. The van der Waals surface area contributed by atoms with Gasteiger partial charge in [-0.2, -0.15) is 0 Å². The van der Waals surface area contributed by atoms with Crippen LogP contribution in [0, 0.1) is 5.92 Å². The number of amides is 4. The van der Waals surface area contributed by atoms with Gasteiger partial charge < -0.3 is 30.3 Å². The second-order valence-electron chi connectivity index (χ2n) is 7.80. The molecule has 2 aromatic rings. The number of hydrogen-bond donors (Lipinski definition) is 3. The van der Waals surface area contributed by atoms with Crippen molar-refractivity contribution in [3.63, 3.8) is 0 Å². The highest BCUT2D eigenvalue weighted by atomic mass is 16.5. The maximum atomic E-state index is 12.6. The van der Waals surface area contributed by atoms with Crippen molar-refractivity contribution in [2.24, 2.45) is 5.92 Å². The molecule has 3 N–H and O–H groups in total. The molecule has 0 spiro atoms. The monoisotopic (exact) mass is 454 g/mol. The second kappa shape index (κ2) is 11.8. The van der Waals surface area contributed by atoms with E-state index in [9.17, 15) is 14.4 Å². The lowest BCUT2D eigenvalue weighted by molar-refractivity contribution is -0.139. The van der Waals surface area contributed by atoms with E-state index in [1.165, 1.54) is 0 Å². The standard InChI is InChI=1S/C24H30N4O5/c1-32-19-9-7-17(8-10-19)15-25-22(29)23(30)26-16-18-11-13-28(14-12-18)24(31)27-20-5-3-4-6-21(20)33-2/h3-10,18H,11-16H2,1-2H3,(H,25,29)(H,26,30)(H,27,31). The molecule has 33 heavy (non-hydrogen) atoms. The fourth-order valence-corrected chi connectivity index (χ4v) is 3.61. The lowest BCUT2D eigenvalue weighted by atomic mass is 9.97. The average molecular weight is 455 g/mol. The first-order valence-electron chi connectivity index (χ1n) is 10.9. The molecule has 9 nitrogen and oxygen atoms in total. The first-order chi connectivity index (χ1) is 16.0. The van der Waals surface area contributed by atoms with E-state index in [4.69, 9.17) is 9.47 Å². The Labute approximate surface area is 193 Å². The number of nitrogens with one attached hydrogen (secondary N) is 3. The first-order valence-corrected chi connectivity index (χ1v) is 10.9. The third-order valence-corrected chi connectivity index (χ3v) is 5.62. The Kier molecular flexibility index (Phi) is 8.51. The molecule has 0 saturated carbocycles. The molecule has 176 valence electrons. The van der Waals surface area contributed by atoms with E-state index < -0.39 is 11.8 Å². The van der Waals surface area contributed by atoms with Gasteiger partial charge in [-0.1, -0.05) is 24.3 Å². The number of anilines is 1. The Morgan fingerprint density at radius 3 is 2.24 bits per heavy atom. The van der Waals surface area contributed by atoms with Gasteiger partial charge in [0.25, 0.3) is 0 Å². The van der Waals surface area contributed by atoms with Crippen LogP contribution in [0.3, 0.4) is 0 Å². The lowest BCUT2D eigenvalue weighted by Gasteiger charge is -2.32. The molecule has 4 amide bonds. The van der Waals surface area contributed by atoms with Crippen molar-refractivity contribution in [3.8, 4) is 11.5 Å². The van der Waals surface area contributed by atoms with Crippen LogP contribution in [-0.2, 0) is 16.1 Å². The highest BCUT2D eigenvalue weighted by molar-refractivity contribution is 6.35. The molecule has 1 heterocycles. The lowest BCUT2D eigenvalue weighted by Crippen LogP contribution is -2.45. The van der Waals surface area contributed by atoms with E-state index in [0.29, 0.717) is 31.1 Å². The van der Waals surface area contributed by atoms with Crippen molar-refractivity contribution in [2.45, 2.75) is 19.4 Å². The summed E-state index contributed by atoms with van der Waals surface area (Å²) in [6, 6.07) is 14.3. The van der Waals surface area contributed by atoms with Crippen LogP contribution in [0.4, 0.5) is 10.5 Å². The molecule has 0 atom stereocenters. The summed E-state index contributed by atoms with van der Waals surface area (Å²) in [5, 5.41) is 8.19. The molecule has 0 aromatic heterocycles. The molecule has 0 bridgehead atoms. The summed E-state index contributed by atoms with van der Waals surface area (Å²) in [4.78, 5) is 38.5. The van der Waals surface area contributed by atoms with Gasteiger partial charge >= 0.3 is 17.8 Å². The van der Waals surface area contributed by atoms with Crippen LogP contribution in [0.25, 0.3) is 0 Å². The van der Waals surface area contributed by atoms with Crippen molar-refractivity contribution in [3.05, 3.63) is 54.1 Å². The zero-order valence-electron chi connectivity index (χ0n) is 18.9. The largest absolute Gasteiger partial charge is 0.497 e. The maximum absolute atomic E-state index is 12.6. The molecule has 2 aromatic carbocycles. The predicted molar refractivity (Wildman–Crippen MR) is 124 cm³/mol. The van der Waals surface area contributed by atoms with Crippen molar-refractivity contribution < 1.29 is 23.9 Å². The normalized spacial score (nSPS) is 13.7. The Hall–Kier alpha value is -3.75. The molecule has 1 saturated heterocycles. The number of para-hydroxylation sites is 2. The zero-order chi connectivity index (χ0) is 23.6. The maximum Gasteiger partial charge on any atom is 0.321 e. The topological polar surface area (TPSA) is 109 Å². The number of nitrogens with zero attached hydrogens (tertiary/aromatic N) is 1. The Bertz CT molecular complexity index is 956. The Morgan fingerprint density at radius 2 is 1.58 bits per heavy atom. The number of piperidine rings is 1. The third kappa shape index (κ3) is 6.86. The highest BCUT2D eigenvalue weighted by Gasteiger charge is 2.24. The van der Waals surface area contributed by atoms with Crippen LogP contribution in [0.15, 0.2) is 48.5 Å². The summed E-state index contributed by atoms with van der Waals surface area (Å²) in [5.41, 5.74) is 1.50. The summed E-state index contributed by atoms with van der Waals surface area (Å²) in [7, 11) is 3.14. The number of likely N-dealkylation sites (tertiary alicyclic amines) is 1. The van der Waals surface area contributed by atoms with E-state index in [2.05, 4.69) is 16.0 Å².